The molecule has 3 aromatic rings. The molecule has 3 aromatic heterocycles. The van der Waals surface area contributed by atoms with Gasteiger partial charge in [-0.1, -0.05) is 0 Å². The first-order valence-corrected chi connectivity index (χ1v) is 8.90. The molecule has 10 nitrogen and oxygen atoms in total. The second-order valence-electron chi connectivity index (χ2n) is 6.97. The Hall–Kier alpha value is -3.27. The van der Waals surface area contributed by atoms with Gasteiger partial charge < -0.3 is 15.5 Å². The van der Waals surface area contributed by atoms with Gasteiger partial charge in [-0.15, -0.1) is 0 Å². The summed E-state index contributed by atoms with van der Waals surface area (Å²) in [6.45, 7) is 2.72. The minimum atomic E-state index is -0.168. The molecule has 1 unspecified atom stereocenters. The average molecular weight is 383 g/mol. The van der Waals surface area contributed by atoms with E-state index in [1.165, 1.54) is 0 Å². The summed E-state index contributed by atoms with van der Waals surface area (Å²) in [6.07, 6.45) is 5.16. The van der Waals surface area contributed by atoms with Crippen molar-refractivity contribution in [2.75, 3.05) is 26.0 Å². The van der Waals surface area contributed by atoms with E-state index in [0.29, 0.717) is 23.0 Å². The van der Waals surface area contributed by atoms with Crippen molar-refractivity contribution in [2.45, 2.75) is 13.0 Å². The smallest absolute Gasteiger partial charge is 0.269 e. The molecule has 3 heterocycles. The van der Waals surface area contributed by atoms with Crippen molar-refractivity contribution in [1.29, 1.82) is 0 Å². The lowest BCUT2D eigenvalue weighted by Crippen LogP contribution is -2.40. The van der Waals surface area contributed by atoms with Crippen molar-refractivity contribution >= 4 is 17.5 Å². The molecule has 10 heteroatoms. The van der Waals surface area contributed by atoms with E-state index < -0.39 is 0 Å². The summed E-state index contributed by atoms with van der Waals surface area (Å²) in [5.74, 6) is 0.264. The molecule has 0 aromatic carbocycles. The topological polar surface area (TPSA) is 106 Å². The molecule has 28 heavy (non-hydrogen) atoms. The zero-order valence-corrected chi connectivity index (χ0v) is 16.7. The maximum Gasteiger partial charge on any atom is 0.269 e. The molecule has 1 atom stereocenters. The molecule has 1 amide bonds. The lowest BCUT2D eigenvalue weighted by Gasteiger charge is -2.18. The molecule has 0 aliphatic heterocycles. The van der Waals surface area contributed by atoms with Crippen LogP contribution in [-0.4, -0.2) is 67.0 Å². The number of nitrogens with one attached hydrogen (secondary N) is 2. The SMILES string of the molecule is CC(CN(C)C)NC(=O)c1cc(-c2ccnc(Nc3cnn(C)c3)n2)nn1C. The van der Waals surface area contributed by atoms with Crippen molar-refractivity contribution in [3.8, 4) is 11.4 Å². The van der Waals surface area contributed by atoms with E-state index in [9.17, 15) is 4.79 Å². The zero-order valence-electron chi connectivity index (χ0n) is 16.7. The van der Waals surface area contributed by atoms with E-state index in [-0.39, 0.29) is 11.9 Å². The van der Waals surface area contributed by atoms with Gasteiger partial charge in [0, 0.05) is 39.1 Å². The molecule has 0 aliphatic rings. The lowest BCUT2D eigenvalue weighted by molar-refractivity contribution is 0.0925. The molecule has 0 saturated heterocycles. The van der Waals surface area contributed by atoms with Gasteiger partial charge in [-0.2, -0.15) is 10.2 Å². The van der Waals surface area contributed by atoms with Gasteiger partial charge in [-0.05, 0) is 33.2 Å². The summed E-state index contributed by atoms with van der Waals surface area (Å²) in [4.78, 5) is 23.3. The number of hydrogen-bond donors (Lipinski definition) is 2. The first-order chi connectivity index (χ1) is 13.3. The summed E-state index contributed by atoms with van der Waals surface area (Å²) in [5, 5.41) is 14.6. The van der Waals surface area contributed by atoms with Crippen LogP contribution < -0.4 is 10.6 Å². The first-order valence-electron chi connectivity index (χ1n) is 8.90. The van der Waals surface area contributed by atoms with Gasteiger partial charge in [0.05, 0.1) is 17.6 Å². The van der Waals surface area contributed by atoms with Crippen molar-refractivity contribution in [1.82, 2.24) is 39.7 Å². The predicted octanol–water partition coefficient (Wildman–Crippen LogP) is 1.03. The van der Waals surface area contributed by atoms with Gasteiger partial charge >= 0.3 is 0 Å². The molecule has 0 spiro atoms. The van der Waals surface area contributed by atoms with Crippen LogP contribution in [0.5, 0.6) is 0 Å². The average Bonchev–Trinajstić information content (AvgIpc) is 3.20. The molecular weight excluding hydrogens is 358 g/mol. The standard InChI is InChI=1S/C18H25N9O/c1-12(10-25(2)3)21-17(28)16-8-15(24-27(16)5)14-6-7-19-18(23-14)22-13-9-20-26(4)11-13/h6-9,11-12H,10H2,1-5H3,(H,21,28)(H,19,22,23). The van der Waals surface area contributed by atoms with E-state index in [1.54, 1.807) is 40.9 Å². The number of aryl methyl sites for hydroxylation is 2. The molecule has 0 aliphatic carbocycles. The van der Waals surface area contributed by atoms with Crippen LogP contribution in [0.25, 0.3) is 11.4 Å². The number of carbonyl (C=O) groups is 1. The zero-order chi connectivity index (χ0) is 20.3. The number of nitrogens with zero attached hydrogens (tertiary/aromatic N) is 7. The Bertz CT molecular complexity index is 960. The van der Waals surface area contributed by atoms with Crippen molar-refractivity contribution < 1.29 is 4.79 Å². The maximum absolute atomic E-state index is 12.6. The van der Waals surface area contributed by atoms with Crippen molar-refractivity contribution in [2.24, 2.45) is 14.1 Å². The Morgan fingerprint density at radius 1 is 1.29 bits per heavy atom. The van der Waals surface area contributed by atoms with Gasteiger partial charge in [0.2, 0.25) is 5.95 Å². The quantitative estimate of drug-likeness (QED) is 0.628. The fourth-order valence-electron chi connectivity index (χ4n) is 2.87. The summed E-state index contributed by atoms with van der Waals surface area (Å²) < 4.78 is 3.25. The van der Waals surface area contributed by atoms with E-state index >= 15 is 0 Å². The van der Waals surface area contributed by atoms with Gasteiger partial charge in [-0.25, -0.2) is 9.97 Å². The molecular formula is C18H25N9O. The summed E-state index contributed by atoms with van der Waals surface area (Å²) in [5.41, 5.74) is 2.48. The minimum absolute atomic E-state index is 0.0233. The van der Waals surface area contributed by atoms with Crippen LogP contribution in [0.15, 0.2) is 30.7 Å². The maximum atomic E-state index is 12.6. The van der Waals surface area contributed by atoms with Crippen LogP contribution in [-0.2, 0) is 14.1 Å². The van der Waals surface area contributed by atoms with E-state index in [0.717, 1.165) is 12.2 Å². The fourth-order valence-corrected chi connectivity index (χ4v) is 2.87. The summed E-state index contributed by atoms with van der Waals surface area (Å²) in [7, 11) is 7.52. The fraction of sp³-hybridized carbons (Fsp3) is 0.389. The number of rotatable bonds is 7. The molecule has 0 bridgehead atoms. The van der Waals surface area contributed by atoms with Crippen LogP contribution in [0.3, 0.4) is 0 Å². The molecule has 0 radical (unpaired) electrons. The first kappa shape index (κ1) is 19.5. The molecule has 2 N–H and O–H groups in total. The molecule has 0 fully saturated rings. The highest BCUT2D eigenvalue weighted by molar-refractivity contribution is 5.93. The number of carbonyl (C=O) groups excluding carboxylic acids is 1. The van der Waals surface area contributed by atoms with Crippen LogP contribution in [0.4, 0.5) is 11.6 Å². The number of hydrogen-bond acceptors (Lipinski definition) is 7. The third-order valence-electron chi connectivity index (χ3n) is 4.01. The summed E-state index contributed by atoms with van der Waals surface area (Å²) >= 11 is 0. The molecule has 3 rings (SSSR count). The monoisotopic (exact) mass is 383 g/mol. The predicted molar refractivity (Wildman–Crippen MR) is 106 cm³/mol. The van der Waals surface area contributed by atoms with E-state index in [1.807, 2.05) is 39.2 Å². The van der Waals surface area contributed by atoms with Crippen LogP contribution in [0.2, 0.25) is 0 Å². The number of likely N-dealkylation sites (N-methyl/N-ethyl adjacent to an activating group) is 1. The molecule has 148 valence electrons. The third kappa shape index (κ3) is 4.71. The number of aromatic nitrogens is 6. The summed E-state index contributed by atoms with van der Waals surface area (Å²) in [6, 6.07) is 3.51. The van der Waals surface area contributed by atoms with Crippen molar-refractivity contribution in [3.63, 3.8) is 0 Å². The number of amides is 1. The Labute approximate surface area is 163 Å². The van der Waals surface area contributed by atoms with Gasteiger partial charge in [-0.3, -0.25) is 14.2 Å². The Morgan fingerprint density at radius 3 is 2.75 bits per heavy atom. The van der Waals surface area contributed by atoms with Crippen LogP contribution in [0, 0.1) is 0 Å². The normalized spacial score (nSPS) is 12.2. The highest BCUT2D eigenvalue weighted by Crippen LogP contribution is 2.19. The highest BCUT2D eigenvalue weighted by atomic mass is 16.2. The third-order valence-corrected chi connectivity index (χ3v) is 4.01. The second kappa shape index (κ2) is 8.17. The van der Waals surface area contributed by atoms with Crippen LogP contribution in [0.1, 0.15) is 17.4 Å². The van der Waals surface area contributed by atoms with Gasteiger partial charge in [0.1, 0.15) is 11.4 Å². The highest BCUT2D eigenvalue weighted by Gasteiger charge is 2.17. The lowest BCUT2D eigenvalue weighted by atomic mass is 10.2. The van der Waals surface area contributed by atoms with Gasteiger partial charge in [0.15, 0.2) is 0 Å². The van der Waals surface area contributed by atoms with Crippen LogP contribution >= 0.6 is 0 Å². The Kier molecular flexibility index (Phi) is 5.69. The Morgan fingerprint density at radius 2 is 2.07 bits per heavy atom. The second-order valence-corrected chi connectivity index (χ2v) is 6.97. The Balaban J connectivity index is 1.77. The van der Waals surface area contributed by atoms with Gasteiger partial charge in [0.25, 0.3) is 5.91 Å². The number of anilines is 2. The van der Waals surface area contributed by atoms with E-state index in [4.69, 9.17) is 0 Å². The van der Waals surface area contributed by atoms with E-state index in [2.05, 4.69) is 30.8 Å². The molecule has 0 saturated carbocycles. The largest absolute Gasteiger partial charge is 0.347 e. The van der Waals surface area contributed by atoms with Crippen molar-refractivity contribution in [3.05, 3.63) is 36.4 Å². The minimum Gasteiger partial charge on any atom is -0.347 e.